The Kier molecular flexibility index (Phi) is 3.92. The van der Waals surface area contributed by atoms with Crippen LogP contribution in [0.4, 0.5) is 5.13 Å². The van der Waals surface area contributed by atoms with E-state index in [1.165, 1.54) is 41.4 Å². The smallest absolute Gasteiger partial charge is 0.185 e. The molecule has 1 N–H and O–H groups in total. The van der Waals surface area contributed by atoms with E-state index in [1.54, 1.807) is 0 Å². The summed E-state index contributed by atoms with van der Waals surface area (Å²) in [6.07, 6.45) is 5.43. The van der Waals surface area contributed by atoms with Crippen LogP contribution in [0.25, 0.3) is 0 Å². The van der Waals surface area contributed by atoms with Gasteiger partial charge in [0.2, 0.25) is 0 Å². The number of aromatic nitrogens is 1. The molecule has 0 aromatic carbocycles. The summed E-state index contributed by atoms with van der Waals surface area (Å²) < 4.78 is 0. The lowest BCUT2D eigenvalue weighted by molar-refractivity contribution is 0.688. The number of thiazole rings is 1. The highest BCUT2D eigenvalue weighted by Crippen LogP contribution is 2.45. The molecule has 2 unspecified atom stereocenters. The van der Waals surface area contributed by atoms with E-state index >= 15 is 0 Å². The van der Waals surface area contributed by atoms with E-state index in [-0.39, 0.29) is 0 Å². The summed E-state index contributed by atoms with van der Waals surface area (Å²) in [4.78, 5) is 9.10. The van der Waals surface area contributed by atoms with Crippen LogP contribution < -0.4 is 10.2 Å². The first-order valence-electron chi connectivity index (χ1n) is 8.32. The van der Waals surface area contributed by atoms with E-state index in [4.69, 9.17) is 4.98 Å². The topological polar surface area (TPSA) is 28.2 Å². The van der Waals surface area contributed by atoms with Crippen molar-refractivity contribution in [2.75, 3.05) is 18.0 Å². The molecule has 1 saturated heterocycles. The van der Waals surface area contributed by atoms with E-state index in [1.807, 2.05) is 11.3 Å². The normalized spacial score (nSPS) is 29.9. The van der Waals surface area contributed by atoms with Crippen LogP contribution in [-0.2, 0) is 6.54 Å². The Morgan fingerprint density at radius 3 is 2.48 bits per heavy atom. The first-order valence-corrected chi connectivity index (χ1v) is 10.1. The highest BCUT2D eigenvalue weighted by atomic mass is 32.2. The number of anilines is 1. The molecule has 0 bridgehead atoms. The minimum atomic E-state index is 0.718. The molecule has 1 aromatic heterocycles. The van der Waals surface area contributed by atoms with Gasteiger partial charge < -0.3 is 10.2 Å². The van der Waals surface area contributed by atoms with Crippen LogP contribution in [0.3, 0.4) is 0 Å². The first-order chi connectivity index (χ1) is 10.2. The Morgan fingerprint density at radius 1 is 1.14 bits per heavy atom. The molecule has 3 aliphatic rings. The van der Waals surface area contributed by atoms with Crippen molar-refractivity contribution >= 4 is 28.2 Å². The van der Waals surface area contributed by atoms with Crippen LogP contribution in [0.15, 0.2) is 0 Å². The van der Waals surface area contributed by atoms with Gasteiger partial charge in [0.25, 0.3) is 0 Å². The molecule has 0 radical (unpaired) electrons. The number of thioether (sulfide) groups is 1. The Hall–Kier alpha value is -0.260. The van der Waals surface area contributed by atoms with E-state index in [0.717, 1.165) is 42.1 Å². The van der Waals surface area contributed by atoms with Crippen LogP contribution >= 0.6 is 23.1 Å². The Labute approximate surface area is 135 Å². The molecule has 116 valence electrons. The number of hydrogen-bond acceptors (Lipinski definition) is 5. The largest absolute Gasteiger partial charge is 0.346 e. The fourth-order valence-corrected chi connectivity index (χ4v) is 5.59. The standard InChI is InChI=1S/C16H25N3S2/c1-10-8-19(9-11(2)20-10)16-18-15(12-3-4-12)14(21-16)7-17-13-5-6-13/h10-13,17H,3-9H2,1-2H3. The van der Waals surface area contributed by atoms with Crippen LogP contribution in [0.2, 0.25) is 0 Å². The van der Waals surface area contributed by atoms with Gasteiger partial charge in [0.1, 0.15) is 0 Å². The average Bonchev–Trinajstić information content (AvgIpc) is 3.34. The zero-order valence-corrected chi connectivity index (χ0v) is 14.6. The monoisotopic (exact) mass is 323 g/mol. The third-order valence-electron chi connectivity index (χ3n) is 4.50. The van der Waals surface area contributed by atoms with Gasteiger partial charge in [-0.2, -0.15) is 11.8 Å². The van der Waals surface area contributed by atoms with Gasteiger partial charge in [-0.15, -0.1) is 11.3 Å². The molecule has 0 spiro atoms. The number of nitrogens with zero attached hydrogens (tertiary/aromatic N) is 2. The lowest BCUT2D eigenvalue weighted by atomic mass is 10.2. The van der Waals surface area contributed by atoms with E-state index < -0.39 is 0 Å². The molecular weight excluding hydrogens is 298 g/mol. The third-order valence-corrected chi connectivity index (χ3v) is 6.86. The lowest BCUT2D eigenvalue weighted by Gasteiger charge is -2.34. The fraction of sp³-hybridized carbons (Fsp3) is 0.812. The Morgan fingerprint density at radius 2 is 1.86 bits per heavy atom. The maximum atomic E-state index is 5.06. The summed E-state index contributed by atoms with van der Waals surface area (Å²) in [5, 5.41) is 6.39. The molecule has 1 aliphatic heterocycles. The quantitative estimate of drug-likeness (QED) is 0.896. The molecule has 2 heterocycles. The molecule has 1 aromatic rings. The van der Waals surface area contributed by atoms with Crippen molar-refractivity contribution in [3.8, 4) is 0 Å². The van der Waals surface area contributed by atoms with Crippen molar-refractivity contribution in [2.45, 2.75) is 68.5 Å². The Bertz CT molecular complexity index is 498. The fourth-order valence-electron chi connectivity index (χ4n) is 3.15. The zero-order chi connectivity index (χ0) is 14.4. The van der Waals surface area contributed by atoms with E-state index in [9.17, 15) is 0 Å². The molecule has 21 heavy (non-hydrogen) atoms. The molecule has 2 atom stereocenters. The van der Waals surface area contributed by atoms with Crippen molar-refractivity contribution in [3.63, 3.8) is 0 Å². The molecule has 2 aliphatic carbocycles. The predicted octanol–water partition coefficient (Wildman–Crippen LogP) is 3.60. The number of hydrogen-bond donors (Lipinski definition) is 1. The van der Waals surface area contributed by atoms with Crippen LogP contribution in [0, 0.1) is 0 Å². The summed E-state index contributed by atoms with van der Waals surface area (Å²) >= 11 is 4.07. The second kappa shape index (κ2) is 5.74. The van der Waals surface area contributed by atoms with Crippen LogP contribution in [-0.4, -0.2) is 34.6 Å². The van der Waals surface area contributed by atoms with Crippen molar-refractivity contribution in [1.29, 1.82) is 0 Å². The molecule has 4 rings (SSSR count). The van der Waals surface area contributed by atoms with Crippen molar-refractivity contribution in [1.82, 2.24) is 10.3 Å². The van der Waals surface area contributed by atoms with Gasteiger partial charge >= 0.3 is 0 Å². The second-order valence-electron chi connectivity index (χ2n) is 6.90. The minimum Gasteiger partial charge on any atom is -0.346 e. The van der Waals surface area contributed by atoms with Gasteiger partial charge in [-0.05, 0) is 25.7 Å². The molecule has 2 saturated carbocycles. The van der Waals surface area contributed by atoms with Crippen LogP contribution in [0.5, 0.6) is 0 Å². The van der Waals surface area contributed by atoms with Crippen LogP contribution in [0.1, 0.15) is 56.0 Å². The zero-order valence-electron chi connectivity index (χ0n) is 13.0. The number of rotatable bonds is 5. The SMILES string of the molecule is CC1CN(c2nc(C3CC3)c(CNC3CC3)s2)CC(C)S1. The summed E-state index contributed by atoms with van der Waals surface area (Å²) in [6.45, 7) is 8.04. The van der Waals surface area contributed by atoms with E-state index in [2.05, 4.69) is 35.8 Å². The maximum absolute atomic E-state index is 5.06. The predicted molar refractivity (Wildman–Crippen MR) is 92.7 cm³/mol. The van der Waals surface area contributed by atoms with Gasteiger partial charge in [-0.1, -0.05) is 13.8 Å². The highest BCUT2D eigenvalue weighted by Gasteiger charge is 2.32. The molecule has 3 nitrogen and oxygen atoms in total. The van der Waals surface area contributed by atoms with Gasteiger partial charge in [0.05, 0.1) is 5.69 Å². The highest BCUT2D eigenvalue weighted by molar-refractivity contribution is 8.00. The van der Waals surface area contributed by atoms with Crippen molar-refractivity contribution in [2.24, 2.45) is 0 Å². The number of nitrogens with one attached hydrogen (secondary N) is 1. The molecule has 0 amide bonds. The molecule has 3 fully saturated rings. The average molecular weight is 324 g/mol. The lowest BCUT2D eigenvalue weighted by Crippen LogP contribution is -2.40. The first kappa shape index (κ1) is 14.3. The van der Waals surface area contributed by atoms with Gasteiger partial charge in [-0.3, -0.25) is 0 Å². The van der Waals surface area contributed by atoms with Gasteiger partial charge in [0.15, 0.2) is 5.13 Å². The second-order valence-corrected chi connectivity index (χ2v) is 9.84. The summed E-state index contributed by atoms with van der Waals surface area (Å²) in [7, 11) is 0. The third kappa shape index (κ3) is 3.40. The van der Waals surface area contributed by atoms with E-state index in [0.29, 0.717) is 0 Å². The Balaban J connectivity index is 1.52. The summed E-state index contributed by atoms with van der Waals surface area (Å²) in [5.41, 5.74) is 1.42. The van der Waals surface area contributed by atoms with Crippen molar-refractivity contribution in [3.05, 3.63) is 10.6 Å². The molecular formula is C16H25N3S2. The summed E-state index contributed by atoms with van der Waals surface area (Å²) in [6, 6.07) is 0.786. The van der Waals surface area contributed by atoms with Gasteiger partial charge in [-0.25, -0.2) is 4.98 Å². The molecule has 5 heteroatoms. The van der Waals surface area contributed by atoms with Gasteiger partial charge in [0, 0.05) is 47.0 Å². The van der Waals surface area contributed by atoms with Crippen molar-refractivity contribution < 1.29 is 0 Å². The summed E-state index contributed by atoms with van der Waals surface area (Å²) in [5.74, 6) is 0.764. The minimum absolute atomic E-state index is 0.718. The maximum Gasteiger partial charge on any atom is 0.185 e.